The first-order valence-electron chi connectivity index (χ1n) is 5.88. The molecule has 0 saturated carbocycles. The van der Waals surface area contributed by atoms with Crippen LogP contribution in [0.4, 0.5) is 0 Å². The molecule has 0 fully saturated rings. The van der Waals surface area contributed by atoms with E-state index < -0.39 is 18.2 Å². The summed E-state index contributed by atoms with van der Waals surface area (Å²) >= 11 is 0. The zero-order chi connectivity index (χ0) is 13.8. The van der Waals surface area contributed by atoms with Crippen molar-refractivity contribution in [3.63, 3.8) is 0 Å². The van der Waals surface area contributed by atoms with E-state index in [0.29, 0.717) is 5.56 Å². The topological polar surface area (TPSA) is 79.7 Å². The number of methoxy groups -OCH3 is 1. The quantitative estimate of drug-likeness (QED) is 0.808. The summed E-state index contributed by atoms with van der Waals surface area (Å²) in [7, 11) is 1.24. The van der Waals surface area contributed by atoms with Crippen molar-refractivity contribution in [1.82, 2.24) is 4.98 Å². The number of esters is 1. The van der Waals surface area contributed by atoms with Crippen molar-refractivity contribution in [1.29, 1.82) is 0 Å². The molecule has 0 aliphatic heterocycles. The number of rotatable bonds is 4. The normalized spacial score (nSPS) is 14.1. The van der Waals surface area contributed by atoms with Gasteiger partial charge in [-0.15, -0.1) is 0 Å². The average molecular weight is 261 g/mol. The Morgan fingerprint density at radius 1 is 1.32 bits per heavy atom. The van der Waals surface area contributed by atoms with Gasteiger partial charge >= 0.3 is 5.97 Å². The fraction of sp³-hybridized carbons (Fsp3) is 0.286. The Labute approximate surface area is 110 Å². The Balaban J connectivity index is 2.21. The highest BCUT2D eigenvalue weighted by Crippen LogP contribution is 2.23. The number of ether oxygens (including phenoxy) is 1. The van der Waals surface area contributed by atoms with Crippen LogP contribution in [0.25, 0.3) is 10.8 Å². The number of nitrogens with zero attached hydrogens (tertiary/aromatic N) is 1. The first-order valence-corrected chi connectivity index (χ1v) is 5.88. The third-order valence-corrected chi connectivity index (χ3v) is 2.97. The van der Waals surface area contributed by atoms with E-state index in [1.807, 2.05) is 12.1 Å². The number of pyridine rings is 1. The maximum atomic E-state index is 11.1. The van der Waals surface area contributed by atoms with Crippen molar-refractivity contribution < 1.29 is 19.7 Å². The van der Waals surface area contributed by atoms with E-state index in [2.05, 4.69) is 9.72 Å². The molecule has 0 radical (unpaired) electrons. The highest BCUT2D eigenvalue weighted by molar-refractivity contribution is 5.82. The van der Waals surface area contributed by atoms with Crippen molar-refractivity contribution >= 4 is 16.7 Å². The van der Waals surface area contributed by atoms with Crippen LogP contribution in [0.5, 0.6) is 0 Å². The van der Waals surface area contributed by atoms with Crippen LogP contribution in [-0.2, 0) is 9.53 Å². The number of hydrogen-bond donors (Lipinski definition) is 2. The predicted octanol–water partition coefficient (Wildman–Crippen LogP) is 1.19. The van der Waals surface area contributed by atoms with Crippen LogP contribution in [-0.4, -0.2) is 34.4 Å². The zero-order valence-corrected chi connectivity index (χ0v) is 10.5. The standard InChI is InChI=1S/C14H15NO4/c1-19-13(17)7-12(16)14(18)10-2-3-11-8-15-5-4-9(11)6-10/h2-6,8,12,14,16,18H,7H2,1H3. The van der Waals surface area contributed by atoms with Crippen LogP contribution in [0.1, 0.15) is 18.1 Å². The van der Waals surface area contributed by atoms with Gasteiger partial charge in [0.2, 0.25) is 0 Å². The molecule has 2 N–H and O–H groups in total. The van der Waals surface area contributed by atoms with Gasteiger partial charge < -0.3 is 14.9 Å². The van der Waals surface area contributed by atoms with Gasteiger partial charge in [0.05, 0.1) is 19.6 Å². The summed E-state index contributed by atoms with van der Waals surface area (Å²) < 4.78 is 4.46. The number of carbonyl (C=O) groups excluding carboxylic acids is 1. The Kier molecular flexibility index (Phi) is 4.09. The summed E-state index contributed by atoms with van der Waals surface area (Å²) in [5, 5.41) is 21.7. The van der Waals surface area contributed by atoms with Crippen molar-refractivity contribution in [2.24, 2.45) is 0 Å². The van der Waals surface area contributed by atoms with Gasteiger partial charge in [-0.25, -0.2) is 0 Å². The minimum atomic E-state index is -1.19. The second-order valence-corrected chi connectivity index (χ2v) is 4.27. The molecule has 19 heavy (non-hydrogen) atoms. The van der Waals surface area contributed by atoms with Gasteiger partial charge in [-0.1, -0.05) is 12.1 Å². The summed E-state index contributed by atoms with van der Waals surface area (Å²) in [6.45, 7) is 0. The minimum absolute atomic E-state index is 0.244. The summed E-state index contributed by atoms with van der Waals surface area (Å²) in [5.74, 6) is -0.559. The molecule has 0 bridgehead atoms. The molecule has 1 aromatic carbocycles. The van der Waals surface area contributed by atoms with Crippen LogP contribution in [0.2, 0.25) is 0 Å². The summed E-state index contributed by atoms with van der Waals surface area (Å²) in [5.41, 5.74) is 0.551. The summed E-state index contributed by atoms with van der Waals surface area (Å²) in [6.07, 6.45) is 0.814. The fourth-order valence-corrected chi connectivity index (χ4v) is 1.87. The number of hydrogen-bond acceptors (Lipinski definition) is 5. The second kappa shape index (κ2) is 5.77. The maximum Gasteiger partial charge on any atom is 0.308 e. The molecule has 1 aromatic heterocycles. The molecule has 2 aromatic rings. The molecule has 0 spiro atoms. The molecule has 0 saturated heterocycles. The monoisotopic (exact) mass is 261 g/mol. The molecule has 1 heterocycles. The van der Waals surface area contributed by atoms with E-state index in [0.717, 1.165) is 10.8 Å². The van der Waals surface area contributed by atoms with Crippen molar-refractivity contribution in [2.45, 2.75) is 18.6 Å². The predicted molar refractivity (Wildman–Crippen MR) is 69.3 cm³/mol. The first-order chi connectivity index (χ1) is 9.11. The van der Waals surface area contributed by atoms with Crippen molar-refractivity contribution in [2.75, 3.05) is 7.11 Å². The van der Waals surface area contributed by atoms with E-state index in [9.17, 15) is 15.0 Å². The van der Waals surface area contributed by atoms with Gasteiger partial charge in [-0.05, 0) is 23.1 Å². The molecule has 100 valence electrons. The Hall–Kier alpha value is -1.98. The lowest BCUT2D eigenvalue weighted by Gasteiger charge is -2.17. The van der Waals surface area contributed by atoms with Crippen molar-refractivity contribution in [3.8, 4) is 0 Å². The van der Waals surface area contributed by atoms with Crippen molar-refractivity contribution in [3.05, 3.63) is 42.2 Å². The Morgan fingerprint density at radius 2 is 2.11 bits per heavy atom. The SMILES string of the molecule is COC(=O)CC(O)C(O)c1ccc2cnccc2c1. The molecule has 2 atom stereocenters. The van der Waals surface area contributed by atoms with Gasteiger partial charge in [0.15, 0.2) is 0 Å². The van der Waals surface area contributed by atoms with Gasteiger partial charge in [0, 0.05) is 17.8 Å². The highest BCUT2D eigenvalue weighted by Gasteiger charge is 2.21. The molecular formula is C14H15NO4. The van der Waals surface area contributed by atoms with E-state index in [4.69, 9.17) is 0 Å². The van der Waals surface area contributed by atoms with Gasteiger partial charge in [-0.2, -0.15) is 0 Å². The molecule has 0 aliphatic carbocycles. The third-order valence-electron chi connectivity index (χ3n) is 2.97. The lowest BCUT2D eigenvalue weighted by Crippen LogP contribution is -2.22. The van der Waals surface area contributed by atoms with Crippen LogP contribution in [0.3, 0.4) is 0 Å². The number of aliphatic hydroxyl groups is 2. The van der Waals surface area contributed by atoms with Gasteiger partial charge in [-0.3, -0.25) is 9.78 Å². The van der Waals surface area contributed by atoms with E-state index in [-0.39, 0.29) is 6.42 Å². The third kappa shape index (κ3) is 3.07. The number of fused-ring (bicyclic) bond motifs is 1. The number of aromatic nitrogens is 1. The number of benzene rings is 1. The molecule has 0 aliphatic rings. The first kappa shape index (κ1) is 13.5. The lowest BCUT2D eigenvalue weighted by molar-refractivity contribution is -0.144. The smallest absolute Gasteiger partial charge is 0.308 e. The molecular weight excluding hydrogens is 246 g/mol. The number of aliphatic hydroxyl groups excluding tert-OH is 2. The maximum absolute atomic E-state index is 11.1. The molecule has 0 amide bonds. The zero-order valence-electron chi connectivity index (χ0n) is 10.5. The minimum Gasteiger partial charge on any atom is -0.469 e. The van der Waals surface area contributed by atoms with E-state index in [1.165, 1.54) is 7.11 Å². The average Bonchev–Trinajstić information content (AvgIpc) is 2.45. The molecule has 5 heteroatoms. The van der Waals surface area contributed by atoms with E-state index >= 15 is 0 Å². The largest absolute Gasteiger partial charge is 0.469 e. The van der Waals surface area contributed by atoms with Gasteiger partial charge in [0.25, 0.3) is 0 Å². The van der Waals surface area contributed by atoms with Crippen LogP contribution in [0.15, 0.2) is 36.7 Å². The lowest BCUT2D eigenvalue weighted by atomic mass is 9.99. The Morgan fingerprint density at radius 3 is 2.84 bits per heavy atom. The van der Waals surface area contributed by atoms with Crippen LogP contribution in [0, 0.1) is 0 Å². The van der Waals surface area contributed by atoms with Crippen LogP contribution < -0.4 is 0 Å². The fourth-order valence-electron chi connectivity index (χ4n) is 1.87. The van der Waals surface area contributed by atoms with E-state index in [1.54, 1.807) is 24.5 Å². The van der Waals surface area contributed by atoms with Crippen LogP contribution >= 0.6 is 0 Å². The number of carbonyl (C=O) groups is 1. The molecule has 2 unspecified atom stereocenters. The Bertz CT molecular complexity index is 584. The summed E-state index contributed by atoms with van der Waals surface area (Å²) in [6, 6.07) is 7.10. The molecule has 2 rings (SSSR count). The van der Waals surface area contributed by atoms with Gasteiger partial charge in [0.1, 0.15) is 6.10 Å². The summed E-state index contributed by atoms with van der Waals surface area (Å²) in [4.78, 5) is 15.1. The second-order valence-electron chi connectivity index (χ2n) is 4.27. The molecule has 5 nitrogen and oxygen atoms in total. The highest BCUT2D eigenvalue weighted by atomic mass is 16.5.